The van der Waals surface area contributed by atoms with Gasteiger partial charge in [-0.15, -0.1) is 0 Å². The van der Waals surface area contributed by atoms with Crippen molar-refractivity contribution < 1.29 is 27.1 Å². The van der Waals surface area contributed by atoms with Gasteiger partial charge in [-0.25, -0.2) is 9.37 Å². The SMILES string of the molecule is Cc1nc(OCC(F)(F)F)c(F)cc1CNC(=O)c1ccncc1. The van der Waals surface area contributed by atoms with Crippen LogP contribution in [0.25, 0.3) is 0 Å². The molecule has 0 unspecified atom stereocenters. The number of ether oxygens (including phenoxy) is 1. The van der Waals surface area contributed by atoms with Crippen LogP contribution in [0.3, 0.4) is 0 Å². The first-order valence-corrected chi connectivity index (χ1v) is 6.80. The monoisotopic (exact) mass is 343 g/mol. The zero-order valence-electron chi connectivity index (χ0n) is 12.5. The molecule has 0 atom stereocenters. The van der Waals surface area contributed by atoms with Crippen molar-refractivity contribution in [1.29, 1.82) is 0 Å². The number of rotatable bonds is 5. The van der Waals surface area contributed by atoms with Gasteiger partial charge in [0, 0.05) is 30.2 Å². The number of nitrogens with one attached hydrogen (secondary N) is 1. The van der Waals surface area contributed by atoms with Gasteiger partial charge in [-0.3, -0.25) is 9.78 Å². The molecule has 0 aliphatic carbocycles. The molecule has 2 aromatic rings. The van der Waals surface area contributed by atoms with Crippen LogP contribution in [0.1, 0.15) is 21.6 Å². The van der Waals surface area contributed by atoms with Gasteiger partial charge in [0.1, 0.15) is 0 Å². The molecule has 0 spiro atoms. The maximum atomic E-state index is 13.8. The van der Waals surface area contributed by atoms with Crippen LogP contribution in [0.4, 0.5) is 17.6 Å². The van der Waals surface area contributed by atoms with E-state index in [1.807, 2.05) is 0 Å². The van der Waals surface area contributed by atoms with E-state index in [1.165, 1.54) is 31.5 Å². The van der Waals surface area contributed by atoms with Crippen LogP contribution in [0.15, 0.2) is 30.6 Å². The summed E-state index contributed by atoms with van der Waals surface area (Å²) in [5.41, 5.74) is 0.957. The Kier molecular flexibility index (Phi) is 5.32. The fourth-order valence-electron chi connectivity index (χ4n) is 1.81. The fourth-order valence-corrected chi connectivity index (χ4v) is 1.81. The number of carbonyl (C=O) groups excluding carboxylic acids is 1. The van der Waals surface area contributed by atoms with Crippen molar-refractivity contribution in [2.24, 2.45) is 0 Å². The number of carbonyl (C=O) groups is 1. The third-order valence-electron chi connectivity index (χ3n) is 2.99. The van der Waals surface area contributed by atoms with Gasteiger partial charge >= 0.3 is 6.18 Å². The fraction of sp³-hybridized carbons (Fsp3) is 0.267. The van der Waals surface area contributed by atoms with Crippen molar-refractivity contribution in [3.8, 4) is 5.88 Å². The highest BCUT2D eigenvalue weighted by Gasteiger charge is 2.29. The number of nitrogens with zero attached hydrogens (tertiary/aromatic N) is 2. The predicted octanol–water partition coefficient (Wildman–Crippen LogP) is 2.80. The van der Waals surface area contributed by atoms with Gasteiger partial charge in [-0.1, -0.05) is 0 Å². The lowest BCUT2D eigenvalue weighted by Crippen LogP contribution is -2.24. The maximum Gasteiger partial charge on any atom is 0.422 e. The van der Waals surface area contributed by atoms with Crippen molar-refractivity contribution in [3.05, 3.63) is 53.2 Å². The molecule has 2 aromatic heterocycles. The van der Waals surface area contributed by atoms with E-state index in [1.54, 1.807) is 0 Å². The molecule has 9 heteroatoms. The predicted molar refractivity (Wildman–Crippen MR) is 75.9 cm³/mol. The number of amides is 1. The van der Waals surface area contributed by atoms with Gasteiger partial charge in [-0.05, 0) is 30.7 Å². The third kappa shape index (κ3) is 4.90. The van der Waals surface area contributed by atoms with Crippen LogP contribution in [-0.4, -0.2) is 28.7 Å². The number of pyridine rings is 2. The van der Waals surface area contributed by atoms with Crippen molar-refractivity contribution in [2.45, 2.75) is 19.6 Å². The highest BCUT2D eigenvalue weighted by atomic mass is 19.4. The number of alkyl halides is 3. The molecule has 0 aromatic carbocycles. The number of halogens is 4. The molecule has 1 N–H and O–H groups in total. The molecule has 0 aliphatic heterocycles. The Labute approximate surface area is 134 Å². The van der Waals surface area contributed by atoms with E-state index in [4.69, 9.17) is 0 Å². The lowest BCUT2D eigenvalue weighted by Gasteiger charge is -2.12. The standard InChI is InChI=1S/C15H13F4N3O2/c1-9-11(7-21-13(23)10-2-4-20-5-3-10)6-12(16)14(22-9)24-8-15(17,18)19/h2-6H,7-8H2,1H3,(H,21,23). The number of hydrogen-bond acceptors (Lipinski definition) is 4. The van der Waals surface area contributed by atoms with E-state index >= 15 is 0 Å². The summed E-state index contributed by atoms with van der Waals surface area (Å²) in [5, 5.41) is 2.56. The van der Waals surface area contributed by atoms with E-state index in [9.17, 15) is 22.4 Å². The first-order chi connectivity index (χ1) is 11.3. The highest BCUT2D eigenvalue weighted by molar-refractivity contribution is 5.93. The number of aromatic nitrogens is 2. The molecule has 24 heavy (non-hydrogen) atoms. The lowest BCUT2D eigenvalue weighted by molar-refractivity contribution is -0.154. The van der Waals surface area contributed by atoms with Gasteiger partial charge in [0.2, 0.25) is 0 Å². The summed E-state index contributed by atoms with van der Waals surface area (Å²) in [6, 6.07) is 4.01. The van der Waals surface area contributed by atoms with Crippen molar-refractivity contribution in [2.75, 3.05) is 6.61 Å². The first-order valence-electron chi connectivity index (χ1n) is 6.80. The summed E-state index contributed by atoms with van der Waals surface area (Å²) in [5.74, 6) is -2.15. The topological polar surface area (TPSA) is 64.1 Å². The maximum absolute atomic E-state index is 13.8. The molecule has 5 nitrogen and oxygen atoms in total. The number of aryl methyl sites for hydroxylation is 1. The van der Waals surface area contributed by atoms with Crippen LogP contribution in [-0.2, 0) is 6.54 Å². The van der Waals surface area contributed by atoms with Crippen LogP contribution in [0.5, 0.6) is 5.88 Å². The Morgan fingerprint density at radius 3 is 2.58 bits per heavy atom. The van der Waals surface area contributed by atoms with Gasteiger partial charge in [0.25, 0.3) is 11.8 Å². The third-order valence-corrected chi connectivity index (χ3v) is 2.99. The molecule has 2 heterocycles. The van der Waals surface area contributed by atoms with Crippen LogP contribution >= 0.6 is 0 Å². The summed E-state index contributed by atoms with van der Waals surface area (Å²) in [6.07, 6.45) is -1.68. The van der Waals surface area contributed by atoms with Crippen LogP contribution < -0.4 is 10.1 Å². The molecule has 0 saturated carbocycles. The minimum atomic E-state index is -4.58. The van der Waals surface area contributed by atoms with Crippen LogP contribution in [0.2, 0.25) is 0 Å². The number of hydrogen-bond donors (Lipinski definition) is 1. The molecule has 0 bridgehead atoms. The summed E-state index contributed by atoms with van der Waals surface area (Å²) >= 11 is 0. The van der Waals surface area contributed by atoms with Gasteiger partial charge in [0.05, 0.1) is 0 Å². The Morgan fingerprint density at radius 1 is 1.29 bits per heavy atom. The molecule has 1 amide bonds. The largest absolute Gasteiger partial charge is 0.466 e. The zero-order chi connectivity index (χ0) is 17.7. The van der Waals surface area contributed by atoms with Crippen LogP contribution in [0, 0.1) is 12.7 Å². The molecule has 0 aliphatic rings. The average Bonchev–Trinajstić information content (AvgIpc) is 2.53. The van der Waals surface area contributed by atoms with Crippen molar-refractivity contribution >= 4 is 5.91 Å². The summed E-state index contributed by atoms with van der Waals surface area (Å²) in [4.78, 5) is 19.3. The summed E-state index contributed by atoms with van der Waals surface area (Å²) in [7, 11) is 0. The molecule has 128 valence electrons. The average molecular weight is 343 g/mol. The van der Waals surface area contributed by atoms with Crippen molar-refractivity contribution in [3.63, 3.8) is 0 Å². The van der Waals surface area contributed by atoms with E-state index in [-0.39, 0.29) is 12.2 Å². The van der Waals surface area contributed by atoms with E-state index in [2.05, 4.69) is 20.0 Å². The molecule has 0 saturated heterocycles. The molecule has 0 radical (unpaired) electrons. The second kappa shape index (κ2) is 7.24. The molecular formula is C15H13F4N3O2. The highest BCUT2D eigenvalue weighted by Crippen LogP contribution is 2.21. The summed E-state index contributed by atoms with van der Waals surface area (Å²) < 4.78 is 54.4. The zero-order valence-corrected chi connectivity index (χ0v) is 12.5. The van der Waals surface area contributed by atoms with E-state index in [0.717, 1.165) is 6.07 Å². The Morgan fingerprint density at radius 2 is 1.96 bits per heavy atom. The van der Waals surface area contributed by atoms with Crippen molar-refractivity contribution in [1.82, 2.24) is 15.3 Å². The first kappa shape index (κ1) is 17.6. The molecular weight excluding hydrogens is 330 g/mol. The second-order valence-corrected chi connectivity index (χ2v) is 4.84. The quantitative estimate of drug-likeness (QED) is 0.848. The van der Waals surface area contributed by atoms with Gasteiger partial charge < -0.3 is 10.1 Å². The Bertz CT molecular complexity index is 721. The van der Waals surface area contributed by atoms with E-state index in [0.29, 0.717) is 11.1 Å². The Balaban J connectivity index is 2.04. The minimum Gasteiger partial charge on any atom is -0.466 e. The molecule has 2 rings (SSSR count). The Hall–Kier alpha value is -2.71. The lowest BCUT2D eigenvalue weighted by atomic mass is 10.2. The van der Waals surface area contributed by atoms with Gasteiger partial charge in [-0.2, -0.15) is 13.2 Å². The second-order valence-electron chi connectivity index (χ2n) is 4.84. The minimum absolute atomic E-state index is 0.0313. The normalized spacial score (nSPS) is 11.2. The van der Waals surface area contributed by atoms with Gasteiger partial charge in [0.15, 0.2) is 12.4 Å². The van der Waals surface area contributed by atoms with E-state index < -0.39 is 30.4 Å². The summed E-state index contributed by atoms with van der Waals surface area (Å²) in [6.45, 7) is -0.182. The smallest absolute Gasteiger partial charge is 0.422 e. The molecule has 0 fully saturated rings.